The third-order valence-corrected chi connectivity index (χ3v) is 3.39. The second-order valence-corrected chi connectivity index (χ2v) is 4.60. The summed E-state index contributed by atoms with van der Waals surface area (Å²) in [6.07, 6.45) is 6.32. The van der Waals surface area contributed by atoms with Crippen LogP contribution in [-0.4, -0.2) is 16.1 Å². The van der Waals surface area contributed by atoms with Crippen molar-refractivity contribution in [3.8, 4) is 0 Å². The predicted molar refractivity (Wildman–Crippen MR) is 68.4 cm³/mol. The Kier molecular flexibility index (Phi) is 5.53. The van der Waals surface area contributed by atoms with E-state index >= 15 is 0 Å². The summed E-state index contributed by atoms with van der Waals surface area (Å²) in [6, 6.07) is 0.533. The standard InChI is InChI=1S/C13H25N3/c1-5-7-14-8-13-9-15-10-16(13)12(4)11(3)6-2/h9-12,14H,5-8H2,1-4H3. The molecule has 0 saturated carbocycles. The van der Waals surface area contributed by atoms with Crippen LogP contribution in [0.3, 0.4) is 0 Å². The number of hydrogen-bond acceptors (Lipinski definition) is 2. The molecule has 1 rings (SSSR count). The average molecular weight is 223 g/mol. The Morgan fingerprint density at radius 1 is 1.38 bits per heavy atom. The van der Waals surface area contributed by atoms with Gasteiger partial charge in [-0.25, -0.2) is 4.98 Å². The van der Waals surface area contributed by atoms with Crippen LogP contribution in [0.1, 0.15) is 52.3 Å². The molecule has 0 radical (unpaired) electrons. The summed E-state index contributed by atoms with van der Waals surface area (Å²) in [7, 11) is 0. The van der Waals surface area contributed by atoms with Gasteiger partial charge in [0.05, 0.1) is 12.0 Å². The van der Waals surface area contributed by atoms with E-state index in [4.69, 9.17) is 0 Å². The van der Waals surface area contributed by atoms with Gasteiger partial charge in [-0.05, 0) is 25.8 Å². The highest BCUT2D eigenvalue weighted by atomic mass is 15.1. The number of hydrogen-bond donors (Lipinski definition) is 1. The Balaban J connectivity index is 2.62. The first kappa shape index (κ1) is 13.2. The molecule has 2 unspecified atom stereocenters. The van der Waals surface area contributed by atoms with Gasteiger partial charge in [-0.1, -0.05) is 27.2 Å². The van der Waals surface area contributed by atoms with Gasteiger partial charge in [-0.2, -0.15) is 0 Å². The number of imidazole rings is 1. The van der Waals surface area contributed by atoms with Crippen molar-refractivity contribution in [2.75, 3.05) is 6.54 Å². The summed E-state index contributed by atoms with van der Waals surface area (Å²) >= 11 is 0. The Bertz CT molecular complexity index is 293. The molecule has 1 heterocycles. The molecule has 0 bridgehead atoms. The first-order chi connectivity index (χ1) is 7.70. The van der Waals surface area contributed by atoms with Crippen LogP contribution in [-0.2, 0) is 6.54 Å². The van der Waals surface area contributed by atoms with Crippen LogP contribution in [0.25, 0.3) is 0 Å². The summed E-state index contributed by atoms with van der Waals surface area (Å²) in [4.78, 5) is 4.26. The van der Waals surface area contributed by atoms with Crippen LogP contribution in [0.15, 0.2) is 12.5 Å². The van der Waals surface area contributed by atoms with Gasteiger partial charge in [-0.15, -0.1) is 0 Å². The zero-order valence-corrected chi connectivity index (χ0v) is 11.0. The maximum Gasteiger partial charge on any atom is 0.0951 e. The molecule has 0 aromatic carbocycles. The molecule has 0 fully saturated rings. The van der Waals surface area contributed by atoms with Crippen molar-refractivity contribution in [1.82, 2.24) is 14.9 Å². The van der Waals surface area contributed by atoms with E-state index in [1.165, 1.54) is 18.5 Å². The Morgan fingerprint density at radius 3 is 2.75 bits per heavy atom. The van der Waals surface area contributed by atoms with Crippen LogP contribution in [0.5, 0.6) is 0 Å². The summed E-state index contributed by atoms with van der Waals surface area (Å²) < 4.78 is 2.30. The quantitative estimate of drug-likeness (QED) is 0.720. The maximum absolute atomic E-state index is 4.26. The SMILES string of the molecule is CCCNCc1cncn1C(C)C(C)CC. The van der Waals surface area contributed by atoms with Crippen molar-refractivity contribution in [2.24, 2.45) is 5.92 Å². The van der Waals surface area contributed by atoms with Crippen molar-refractivity contribution < 1.29 is 0 Å². The van der Waals surface area contributed by atoms with Crippen molar-refractivity contribution >= 4 is 0 Å². The van der Waals surface area contributed by atoms with Crippen LogP contribution < -0.4 is 5.32 Å². The van der Waals surface area contributed by atoms with Crippen molar-refractivity contribution in [3.05, 3.63) is 18.2 Å². The van der Waals surface area contributed by atoms with E-state index in [0.717, 1.165) is 13.1 Å². The topological polar surface area (TPSA) is 29.9 Å². The van der Waals surface area contributed by atoms with Crippen molar-refractivity contribution in [1.29, 1.82) is 0 Å². The molecule has 0 aliphatic rings. The average Bonchev–Trinajstić information content (AvgIpc) is 2.75. The van der Waals surface area contributed by atoms with E-state index in [0.29, 0.717) is 12.0 Å². The van der Waals surface area contributed by atoms with Crippen molar-refractivity contribution in [2.45, 2.75) is 53.1 Å². The third-order valence-electron chi connectivity index (χ3n) is 3.39. The maximum atomic E-state index is 4.26. The fourth-order valence-electron chi connectivity index (χ4n) is 1.84. The van der Waals surface area contributed by atoms with Gasteiger partial charge in [0.1, 0.15) is 0 Å². The van der Waals surface area contributed by atoms with Gasteiger partial charge >= 0.3 is 0 Å². The predicted octanol–water partition coefficient (Wildman–Crippen LogP) is 2.99. The molecule has 0 saturated heterocycles. The number of nitrogens with one attached hydrogen (secondary N) is 1. The van der Waals surface area contributed by atoms with E-state index in [2.05, 4.69) is 42.6 Å². The van der Waals surface area contributed by atoms with Gasteiger partial charge < -0.3 is 9.88 Å². The zero-order chi connectivity index (χ0) is 12.0. The Hall–Kier alpha value is -0.830. The minimum absolute atomic E-state index is 0.533. The lowest BCUT2D eigenvalue weighted by atomic mass is 10.0. The molecule has 0 aliphatic carbocycles. The van der Waals surface area contributed by atoms with E-state index in [1.54, 1.807) is 0 Å². The summed E-state index contributed by atoms with van der Waals surface area (Å²) in [6.45, 7) is 11.0. The summed E-state index contributed by atoms with van der Waals surface area (Å²) in [5.74, 6) is 0.694. The number of rotatable bonds is 7. The minimum Gasteiger partial charge on any atom is -0.330 e. The van der Waals surface area contributed by atoms with Gasteiger partial charge in [0.15, 0.2) is 0 Å². The zero-order valence-electron chi connectivity index (χ0n) is 11.0. The highest BCUT2D eigenvalue weighted by molar-refractivity contribution is 5.00. The lowest BCUT2D eigenvalue weighted by Gasteiger charge is -2.22. The van der Waals surface area contributed by atoms with E-state index in [9.17, 15) is 0 Å². The van der Waals surface area contributed by atoms with Crippen LogP contribution >= 0.6 is 0 Å². The monoisotopic (exact) mass is 223 g/mol. The molecular weight excluding hydrogens is 198 g/mol. The number of nitrogens with zero attached hydrogens (tertiary/aromatic N) is 2. The Morgan fingerprint density at radius 2 is 2.12 bits per heavy atom. The fourth-order valence-corrected chi connectivity index (χ4v) is 1.84. The fraction of sp³-hybridized carbons (Fsp3) is 0.769. The lowest BCUT2D eigenvalue weighted by molar-refractivity contribution is 0.360. The molecule has 16 heavy (non-hydrogen) atoms. The Labute approximate surface area is 99.3 Å². The third kappa shape index (κ3) is 3.34. The molecule has 92 valence electrons. The highest BCUT2D eigenvalue weighted by Gasteiger charge is 2.14. The molecule has 0 amide bonds. The highest BCUT2D eigenvalue weighted by Crippen LogP contribution is 2.21. The van der Waals surface area contributed by atoms with Crippen LogP contribution in [0.2, 0.25) is 0 Å². The first-order valence-corrected chi connectivity index (χ1v) is 6.42. The lowest BCUT2D eigenvalue weighted by Crippen LogP contribution is -2.20. The van der Waals surface area contributed by atoms with Crippen molar-refractivity contribution in [3.63, 3.8) is 0 Å². The largest absolute Gasteiger partial charge is 0.330 e. The molecule has 3 nitrogen and oxygen atoms in total. The van der Waals surface area contributed by atoms with E-state index in [1.807, 2.05) is 12.5 Å². The second-order valence-electron chi connectivity index (χ2n) is 4.60. The van der Waals surface area contributed by atoms with Crippen LogP contribution in [0.4, 0.5) is 0 Å². The van der Waals surface area contributed by atoms with Gasteiger partial charge in [0.2, 0.25) is 0 Å². The molecular formula is C13H25N3. The minimum atomic E-state index is 0.533. The van der Waals surface area contributed by atoms with E-state index in [-0.39, 0.29) is 0 Å². The normalized spacial score (nSPS) is 15.0. The molecule has 3 heteroatoms. The first-order valence-electron chi connectivity index (χ1n) is 6.42. The van der Waals surface area contributed by atoms with E-state index < -0.39 is 0 Å². The molecule has 2 atom stereocenters. The van der Waals surface area contributed by atoms with Crippen LogP contribution in [0, 0.1) is 5.92 Å². The van der Waals surface area contributed by atoms with Gasteiger partial charge in [0, 0.05) is 18.8 Å². The second kappa shape index (κ2) is 6.69. The molecule has 0 spiro atoms. The summed E-state index contributed by atoms with van der Waals surface area (Å²) in [5, 5.41) is 3.43. The van der Waals surface area contributed by atoms with Gasteiger partial charge in [0.25, 0.3) is 0 Å². The molecule has 1 aromatic rings. The smallest absolute Gasteiger partial charge is 0.0951 e. The molecule has 1 N–H and O–H groups in total. The van der Waals surface area contributed by atoms with Gasteiger partial charge in [-0.3, -0.25) is 0 Å². The summed E-state index contributed by atoms with van der Waals surface area (Å²) in [5.41, 5.74) is 1.29. The molecule has 0 aliphatic heterocycles. The molecule has 1 aromatic heterocycles. The number of aromatic nitrogens is 2.